The van der Waals surface area contributed by atoms with Gasteiger partial charge >= 0.3 is 5.97 Å². The Bertz CT molecular complexity index is 610. The first-order chi connectivity index (χ1) is 9.11. The number of hydrogen-bond acceptors (Lipinski definition) is 2. The number of aromatic nitrogens is 1. The van der Waals surface area contributed by atoms with Crippen LogP contribution >= 0.6 is 0 Å². The van der Waals surface area contributed by atoms with E-state index in [0.717, 1.165) is 29.5 Å². The first-order valence-corrected chi connectivity index (χ1v) is 6.40. The smallest absolute Gasteiger partial charge is 0.310 e. The third kappa shape index (κ3) is 3.05. The van der Waals surface area contributed by atoms with E-state index in [2.05, 4.69) is 17.2 Å². The van der Waals surface area contributed by atoms with E-state index in [1.54, 1.807) is 0 Å². The van der Waals surface area contributed by atoms with Gasteiger partial charge in [-0.05, 0) is 43.0 Å². The molecule has 0 radical (unpaired) electrons. The molecule has 2 aromatic heterocycles. The normalized spacial score (nSPS) is 10.6. The van der Waals surface area contributed by atoms with Crippen LogP contribution in [0, 0.1) is 0 Å². The van der Waals surface area contributed by atoms with E-state index in [-0.39, 0.29) is 5.97 Å². The molecule has 0 atom stereocenters. The summed E-state index contributed by atoms with van der Waals surface area (Å²) in [6.07, 6.45) is 6.26. The molecule has 3 heteroatoms. The van der Waals surface area contributed by atoms with Crippen LogP contribution in [-0.2, 0) is 22.4 Å². The number of nitrogens with zero attached hydrogens (tertiary/aromatic N) is 1. The first-order valence-electron chi connectivity index (χ1n) is 6.40. The minimum atomic E-state index is -0.200. The van der Waals surface area contributed by atoms with Gasteiger partial charge in [-0.3, -0.25) is 4.79 Å². The Morgan fingerprint density at radius 1 is 1.42 bits per heavy atom. The molecule has 2 rings (SSSR count). The standard InChI is InChI=1S/C16H19NO2/c1-12(2)7-8-13-11-17-9-5-4-6-15(17)14(13)10-16(18)19-3/h4-6,9,11H,1,7-8,10H2,2-3H3. The van der Waals surface area contributed by atoms with Crippen LogP contribution in [0.4, 0.5) is 0 Å². The van der Waals surface area contributed by atoms with Crippen LogP contribution in [-0.4, -0.2) is 17.5 Å². The van der Waals surface area contributed by atoms with Crippen molar-refractivity contribution in [1.82, 2.24) is 4.40 Å². The van der Waals surface area contributed by atoms with Gasteiger partial charge in [-0.25, -0.2) is 0 Å². The van der Waals surface area contributed by atoms with E-state index >= 15 is 0 Å². The second kappa shape index (κ2) is 5.74. The molecule has 0 unspecified atom stereocenters. The summed E-state index contributed by atoms with van der Waals surface area (Å²) in [5.41, 5.74) is 4.48. The van der Waals surface area contributed by atoms with Crippen LogP contribution in [0.25, 0.3) is 5.52 Å². The molecule has 0 saturated heterocycles. The molecule has 0 spiro atoms. The summed E-state index contributed by atoms with van der Waals surface area (Å²) in [7, 11) is 1.42. The van der Waals surface area contributed by atoms with Crippen LogP contribution in [0.1, 0.15) is 24.5 Å². The summed E-state index contributed by atoms with van der Waals surface area (Å²) in [4.78, 5) is 11.6. The van der Waals surface area contributed by atoms with Crippen molar-refractivity contribution in [2.75, 3.05) is 7.11 Å². The Morgan fingerprint density at radius 3 is 2.89 bits per heavy atom. The maximum Gasteiger partial charge on any atom is 0.310 e. The number of rotatable bonds is 5. The summed E-state index contributed by atoms with van der Waals surface area (Å²) in [5.74, 6) is -0.200. The van der Waals surface area contributed by atoms with Gasteiger partial charge in [0.1, 0.15) is 0 Å². The third-order valence-corrected chi connectivity index (χ3v) is 3.25. The van der Waals surface area contributed by atoms with Crippen molar-refractivity contribution in [3.05, 3.63) is 53.9 Å². The highest BCUT2D eigenvalue weighted by molar-refractivity contribution is 5.77. The molecular formula is C16H19NO2. The molecule has 0 fully saturated rings. The van der Waals surface area contributed by atoms with E-state index in [4.69, 9.17) is 4.74 Å². The van der Waals surface area contributed by atoms with E-state index in [0.29, 0.717) is 6.42 Å². The molecule has 0 aromatic carbocycles. The van der Waals surface area contributed by atoms with Gasteiger partial charge < -0.3 is 9.14 Å². The Labute approximate surface area is 113 Å². The highest BCUT2D eigenvalue weighted by atomic mass is 16.5. The zero-order valence-corrected chi connectivity index (χ0v) is 11.5. The van der Waals surface area contributed by atoms with Gasteiger partial charge in [-0.15, -0.1) is 6.58 Å². The molecule has 0 N–H and O–H groups in total. The number of pyridine rings is 1. The molecule has 2 aromatic rings. The molecule has 0 saturated carbocycles. The molecule has 0 aliphatic rings. The fourth-order valence-electron chi connectivity index (χ4n) is 2.22. The van der Waals surface area contributed by atoms with E-state index < -0.39 is 0 Å². The van der Waals surface area contributed by atoms with Crippen molar-refractivity contribution >= 4 is 11.5 Å². The van der Waals surface area contributed by atoms with E-state index in [1.807, 2.05) is 31.3 Å². The number of ether oxygens (including phenoxy) is 1. The van der Waals surface area contributed by atoms with Crippen LogP contribution in [0.5, 0.6) is 0 Å². The van der Waals surface area contributed by atoms with Crippen molar-refractivity contribution < 1.29 is 9.53 Å². The number of esters is 1. The molecule has 0 amide bonds. The average molecular weight is 257 g/mol. The Morgan fingerprint density at radius 2 is 2.21 bits per heavy atom. The highest BCUT2D eigenvalue weighted by Crippen LogP contribution is 2.22. The monoisotopic (exact) mass is 257 g/mol. The Kier molecular flexibility index (Phi) is 4.05. The molecule has 100 valence electrons. The predicted molar refractivity (Wildman–Crippen MR) is 76.3 cm³/mol. The number of allylic oxidation sites excluding steroid dienone is 1. The SMILES string of the molecule is C=C(C)CCc1cn2ccccc2c1CC(=O)OC. The fraction of sp³-hybridized carbons (Fsp3) is 0.312. The van der Waals surface area contributed by atoms with Gasteiger partial charge in [0.15, 0.2) is 0 Å². The minimum absolute atomic E-state index is 0.200. The lowest BCUT2D eigenvalue weighted by molar-refractivity contribution is -0.139. The maximum absolute atomic E-state index is 11.6. The van der Waals surface area contributed by atoms with Crippen molar-refractivity contribution in [2.45, 2.75) is 26.2 Å². The van der Waals surface area contributed by atoms with Gasteiger partial charge in [0.05, 0.1) is 13.5 Å². The first kappa shape index (κ1) is 13.4. The number of aryl methyl sites for hydroxylation is 1. The highest BCUT2D eigenvalue weighted by Gasteiger charge is 2.14. The molecule has 19 heavy (non-hydrogen) atoms. The van der Waals surface area contributed by atoms with E-state index in [1.165, 1.54) is 12.7 Å². The molecule has 2 heterocycles. The second-order valence-corrected chi connectivity index (χ2v) is 4.84. The van der Waals surface area contributed by atoms with Crippen molar-refractivity contribution in [2.24, 2.45) is 0 Å². The molecular weight excluding hydrogens is 238 g/mol. The predicted octanol–water partition coefficient (Wildman–Crippen LogP) is 3.16. The Hall–Kier alpha value is -2.03. The molecule has 3 nitrogen and oxygen atoms in total. The maximum atomic E-state index is 11.6. The molecule has 0 bridgehead atoms. The average Bonchev–Trinajstić information content (AvgIpc) is 2.74. The van der Waals surface area contributed by atoms with Gasteiger partial charge in [-0.1, -0.05) is 11.6 Å². The second-order valence-electron chi connectivity index (χ2n) is 4.84. The van der Waals surface area contributed by atoms with E-state index in [9.17, 15) is 4.79 Å². The topological polar surface area (TPSA) is 30.7 Å². The van der Waals surface area contributed by atoms with Gasteiger partial charge in [0.25, 0.3) is 0 Å². The zero-order valence-electron chi connectivity index (χ0n) is 11.5. The van der Waals surface area contributed by atoms with Crippen LogP contribution < -0.4 is 0 Å². The van der Waals surface area contributed by atoms with Crippen molar-refractivity contribution in [3.63, 3.8) is 0 Å². The summed E-state index contributed by atoms with van der Waals surface area (Å²) < 4.78 is 6.85. The van der Waals surface area contributed by atoms with Crippen molar-refractivity contribution in [3.8, 4) is 0 Å². The summed E-state index contributed by atoms with van der Waals surface area (Å²) in [5, 5.41) is 0. The third-order valence-electron chi connectivity index (χ3n) is 3.25. The zero-order chi connectivity index (χ0) is 13.8. The van der Waals surface area contributed by atoms with Crippen molar-refractivity contribution in [1.29, 1.82) is 0 Å². The Balaban J connectivity index is 2.39. The number of hydrogen-bond donors (Lipinski definition) is 0. The van der Waals surface area contributed by atoms with Crippen LogP contribution in [0.2, 0.25) is 0 Å². The minimum Gasteiger partial charge on any atom is -0.469 e. The molecule has 0 aliphatic heterocycles. The van der Waals surface area contributed by atoms with Crippen LogP contribution in [0.3, 0.4) is 0 Å². The number of fused-ring (bicyclic) bond motifs is 1. The number of carbonyl (C=O) groups excluding carboxylic acids is 1. The number of carbonyl (C=O) groups is 1. The lowest BCUT2D eigenvalue weighted by Gasteiger charge is -2.04. The van der Waals surface area contributed by atoms with Crippen LogP contribution in [0.15, 0.2) is 42.7 Å². The summed E-state index contributed by atoms with van der Waals surface area (Å²) >= 11 is 0. The fourth-order valence-corrected chi connectivity index (χ4v) is 2.22. The summed E-state index contributed by atoms with van der Waals surface area (Å²) in [6, 6.07) is 6.00. The lowest BCUT2D eigenvalue weighted by Crippen LogP contribution is -2.06. The summed E-state index contributed by atoms with van der Waals surface area (Å²) in [6.45, 7) is 5.96. The van der Waals surface area contributed by atoms with Gasteiger partial charge in [0, 0.05) is 17.9 Å². The number of methoxy groups -OCH3 is 1. The van der Waals surface area contributed by atoms with Gasteiger partial charge in [-0.2, -0.15) is 0 Å². The lowest BCUT2D eigenvalue weighted by atomic mass is 10.0. The molecule has 0 aliphatic carbocycles. The largest absolute Gasteiger partial charge is 0.469 e. The quantitative estimate of drug-likeness (QED) is 0.608. The van der Waals surface area contributed by atoms with Gasteiger partial charge in [0.2, 0.25) is 0 Å².